The average Bonchev–Trinajstić information content (AvgIpc) is 2.18. The van der Waals surface area contributed by atoms with Gasteiger partial charge < -0.3 is 5.11 Å². The van der Waals surface area contributed by atoms with Gasteiger partial charge in [-0.15, -0.1) is 0 Å². The molecule has 15 heavy (non-hydrogen) atoms. The number of aliphatic hydroxyl groups is 1. The summed E-state index contributed by atoms with van der Waals surface area (Å²) < 4.78 is 31.2. The first-order valence-corrected chi connectivity index (χ1v) is 6.03. The SMILES string of the molecule is O=S(=O)(O)C(CCCO)c1ccncc1. The van der Waals surface area contributed by atoms with E-state index in [1.54, 1.807) is 0 Å². The molecule has 1 rings (SSSR count). The first-order valence-electron chi connectivity index (χ1n) is 4.53. The van der Waals surface area contributed by atoms with Crippen molar-refractivity contribution in [2.24, 2.45) is 0 Å². The summed E-state index contributed by atoms with van der Waals surface area (Å²) in [5, 5.41) is 7.66. The van der Waals surface area contributed by atoms with Crippen molar-refractivity contribution in [2.75, 3.05) is 6.61 Å². The van der Waals surface area contributed by atoms with Crippen LogP contribution < -0.4 is 0 Å². The minimum Gasteiger partial charge on any atom is -0.396 e. The summed E-state index contributed by atoms with van der Waals surface area (Å²) in [5.41, 5.74) is 0.487. The lowest BCUT2D eigenvalue weighted by molar-refractivity contribution is 0.283. The predicted octanol–water partition coefficient (Wildman–Crippen LogP) is 0.783. The van der Waals surface area contributed by atoms with Gasteiger partial charge in [0.25, 0.3) is 10.1 Å². The molecule has 0 bridgehead atoms. The minimum atomic E-state index is -4.13. The first kappa shape index (κ1) is 12.1. The number of aromatic nitrogens is 1. The zero-order valence-electron chi connectivity index (χ0n) is 8.07. The number of rotatable bonds is 5. The Hall–Kier alpha value is -0.980. The summed E-state index contributed by atoms with van der Waals surface area (Å²) in [7, 11) is -4.13. The number of pyridine rings is 1. The summed E-state index contributed by atoms with van der Waals surface area (Å²) in [4.78, 5) is 3.76. The summed E-state index contributed by atoms with van der Waals surface area (Å²) >= 11 is 0. The van der Waals surface area contributed by atoms with Crippen LogP contribution in [0.15, 0.2) is 24.5 Å². The third kappa shape index (κ3) is 3.58. The fourth-order valence-electron chi connectivity index (χ4n) is 1.34. The second kappa shape index (κ2) is 5.20. The molecule has 0 fully saturated rings. The molecule has 0 aliphatic heterocycles. The van der Waals surface area contributed by atoms with Crippen LogP contribution >= 0.6 is 0 Å². The molecule has 2 N–H and O–H groups in total. The highest BCUT2D eigenvalue weighted by Gasteiger charge is 2.24. The van der Waals surface area contributed by atoms with Crippen molar-refractivity contribution in [3.8, 4) is 0 Å². The maximum atomic E-state index is 11.1. The number of hydrogen-bond acceptors (Lipinski definition) is 4. The molecule has 0 aromatic carbocycles. The van der Waals surface area contributed by atoms with Crippen LogP contribution in [0, 0.1) is 0 Å². The molecule has 0 saturated heterocycles. The van der Waals surface area contributed by atoms with Crippen LogP contribution in [-0.2, 0) is 10.1 Å². The molecule has 1 aromatic heterocycles. The molecule has 0 amide bonds. The van der Waals surface area contributed by atoms with Crippen LogP contribution in [0.5, 0.6) is 0 Å². The van der Waals surface area contributed by atoms with E-state index in [0.717, 1.165) is 0 Å². The molecule has 0 saturated carbocycles. The van der Waals surface area contributed by atoms with Gasteiger partial charge in [-0.1, -0.05) is 0 Å². The third-order valence-corrected chi connectivity index (χ3v) is 3.29. The molecule has 1 atom stereocenters. The lowest BCUT2D eigenvalue weighted by Crippen LogP contribution is -2.12. The van der Waals surface area contributed by atoms with E-state index in [-0.39, 0.29) is 13.0 Å². The van der Waals surface area contributed by atoms with Crippen LogP contribution in [0.3, 0.4) is 0 Å². The Morgan fingerprint density at radius 2 is 1.93 bits per heavy atom. The quantitative estimate of drug-likeness (QED) is 0.731. The maximum absolute atomic E-state index is 11.1. The maximum Gasteiger partial charge on any atom is 0.271 e. The van der Waals surface area contributed by atoms with E-state index in [4.69, 9.17) is 9.66 Å². The van der Waals surface area contributed by atoms with Crippen molar-refractivity contribution < 1.29 is 18.1 Å². The van der Waals surface area contributed by atoms with Gasteiger partial charge in [0.1, 0.15) is 5.25 Å². The molecule has 84 valence electrons. The highest BCUT2D eigenvalue weighted by Crippen LogP contribution is 2.25. The molecular weight excluding hydrogens is 218 g/mol. The topological polar surface area (TPSA) is 87.5 Å². The van der Waals surface area contributed by atoms with Crippen molar-refractivity contribution in [1.82, 2.24) is 4.98 Å². The minimum absolute atomic E-state index is 0.100. The van der Waals surface area contributed by atoms with Gasteiger partial charge in [-0.3, -0.25) is 9.54 Å². The standard InChI is InChI=1S/C9H13NO4S/c11-7-1-2-9(15(12,13)14)8-3-5-10-6-4-8/h3-6,9,11H,1-2,7H2,(H,12,13,14). The summed E-state index contributed by atoms with van der Waals surface area (Å²) in [5.74, 6) is 0. The van der Waals surface area contributed by atoms with Crippen LogP contribution in [0.1, 0.15) is 23.7 Å². The number of aliphatic hydroxyl groups excluding tert-OH is 1. The van der Waals surface area contributed by atoms with E-state index in [9.17, 15) is 8.42 Å². The van der Waals surface area contributed by atoms with Gasteiger partial charge in [0.05, 0.1) is 0 Å². The molecule has 1 heterocycles. The van der Waals surface area contributed by atoms with Crippen LogP contribution in [-0.4, -0.2) is 29.7 Å². The zero-order chi connectivity index (χ0) is 11.3. The molecule has 6 heteroatoms. The summed E-state index contributed by atoms with van der Waals surface area (Å²) in [6, 6.07) is 3.08. The molecular formula is C9H13NO4S. The van der Waals surface area contributed by atoms with E-state index >= 15 is 0 Å². The Bertz CT molecular complexity index is 390. The fraction of sp³-hybridized carbons (Fsp3) is 0.444. The molecule has 0 spiro atoms. The van der Waals surface area contributed by atoms with Crippen molar-refractivity contribution in [3.63, 3.8) is 0 Å². The largest absolute Gasteiger partial charge is 0.396 e. The fourth-order valence-corrected chi connectivity index (χ4v) is 2.31. The Labute approximate surface area is 88.5 Å². The highest BCUT2D eigenvalue weighted by atomic mass is 32.2. The lowest BCUT2D eigenvalue weighted by Gasteiger charge is -2.12. The Morgan fingerprint density at radius 3 is 2.40 bits per heavy atom. The molecule has 0 radical (unpaired) electrons. The Morgan fingerprint density at radius 1 is 1.33 bits per heavy atom. The predicted molar refractivity (Wildman–Crippen MR) is 54.8 cm³/mol. The monoisotopic (exact) mass is 231 g/mol. The average molecular weight is 231 g/mol. The Kier molecular flexibility index (Phi) is 4.19. The van der Waals surface area contributed by atoms with Gasteiger partial charge >= 0.3 is 0 Å². The van der Waals surface area contributed by atoms with Crippen molar-refractivity contribution in [2.45, 2.75) is 18.1 Å². The van der Waals surface area contributed by atoms with Gasteiger partial charge in [0.15, 0.2) is 0 Å². The molecule has 1 aromatic rings. The van der Waals surface area contributed by atoms with E-state index in [0.29, 0.717) is 12.0 Å². The van der Waals surface area contributed by atoms with Gasteiger partial charge in [0, 0.05) is 19.0 Å². The zero-order valence-corrected chi connectivity index (χ0v) is 8.89. The van der Waals surface area contributed by atoms with Gasteiger partial charge in [-0.2, -0.15) is 8.42 Å². The lowest BCUT2D eigenvalue weighted by atomic mass is 10.1. The Balaban J connectivity index is 2.92. The van der Waals surface area contributed by atoms with Crippen molar-refractivity contribution in [3.05, 3.63) is 30.1 Å². The van der Waals surface area contributed by atoms with E-state index in [1.165, 1.54) is 24.5 Å². The second-order valence-corrected chi connectivity index (χ2v) is 4.75. The first-order chi connectivity index (χ1) is 7.05. The van der Waals surface area contributed by atoms with Crippen molar-refractivity contribution in [1.29, 1.82) is 0 Å². The van der Waals surface area contributed by atoms with Gasteiger partial charge in [-0.25, -0.2) is 0 Å². The van der Waals surface area contributed by atoms with Gasteiger partial charge in [0.2, 0.25) is 0 Å². The summed E-state index contributed by atoms with van der Waals surface area (Å²) in [6.07, 6.45) is 3.45. The smallest absolute Gasteiger partial charge is 0.271 e. The summed E-state index contributed by atoms with van der Waals surface area (Å²) in [6.45, 7) is -0.100. The molecule has 0 aliphatic carbocycles. The third-order valence-electron chi connectivity index (χ3n) is 2.06. The van der Waals surface area contributed by atoms with Crippen LogP contribution in [0.2, 0.25) is 0 Å². The van der Waals surface area contributed by atoms with Gasteiger partial charge in [-0.05, 0) is 30.5 Å². The van der Waals surface area contributed by atoms with Crippen molar-refractivity contribution >= 4 is 10.1 Å². The highest BCUT2D eigenvalue weighted by molar-refractivity contribution is 7.86. The van der Waals surface area contributed by atoms with E-state index in [1.807, 2.05) is 0 Å². The molecule has 5 nitrogen and oxygen atoms in total. The van der Waals surface area contributed by atoms with Crippen LogP contribution in [0.25, 0.3) is 0 Å². The normalized spacial score (nSPS) is 13.7. The molecule has 0 aliphatic rings. The molecule has 1 unspecified atom stereocenters. The van der Waals surface area contributed by atoms with E-state index < -0.39 is 15.4 Å². The second-order valence-electron chi connectivity index (χ2n) is 3.15. The number of nitrogens with zero attached hydrogens (tertiary/aromatic N) is 1. The van der Waals surface area contributed by atoms with E-state index in [2.05, 4.69) is 4.98 Å². The number of hydrogen-bond donors (Lipinski definition) is 2. The van der Waals surface area contributed by atoms with Crippen LogP contribution in [0.4, 0.5) is 0 Å².